The molecule has 1 aliphatic rings. The minimum absolute atomic E-state index is 0.0109. The second-order valence-corrected chi connectivity index (χ2v) is 7.41. The molecule has 1 N–H and O–H groups in total. The van der Waals surface area contributed by atoms with Crippen molar-refractivity contribution in [2.24, 2.45) is 5.92 Å². The van der Waals surface area contributed by atoms with E-state index in [0.29, 0.717) is 16.3 Å². The van der Waals surface area contributed by atoms with Crippen LogP contribution in [0.25, 0.3) is 0 Å². The largest absolute Gasteiger partial charge is 0.438 e. The molecule has 4 rings (SSSR count). The smallest absolute Gasteiger partial charge is 0.237 e. The van der Waals surface area contributed by atoms with E-state index in [1.807, 2.05) is 37.3 Å². The molecule has 29 heavy (non-hydrogen) atoms. The lowest BCUT2D eigenvalue weighted by atomic mass is 10.1. The van der Waals surface area contributed by atoms with E-state index in [1.54, 1.807) is 30.5 Å². The second kappa shape index (κ2) is 7.94. The van der Waals surface area contributed by atoms with Crippen molar-refractivity contribution in [3.05, 3.63) is 82.5 Å². The predicted octanol–water partition coefficient (Wildman–Crippen LogP) is 5.45. The predicted molar refractivity (Wildman–Crippen MR) is 111 cm³/mol. The van der Waals surface area contributed by atoms with Gasteiger partial charge < -0.3 is 10.1 Å². The number of anilines is 1. The van der Waals surface area contributed by atoms with Crippen molar-refractivity contribution in [1.82, 2.24) is 4.98 Å². The number of aryl methyl sites for hydroxylation is 1. The van der Waals surface area contributed by atoms with E-state index in [-0.39, 0.29) is 23.6 Å². The van der Waals surface area contributed by atoms with Gasteiger partial charge in [0.15, 0.2) is 0 Å². The van der Waals surface area contributed by atoms with Crippen LogP contribution in [0.4, 0.5) is 5.69 Å². The number of pyridine rings is 1. The fourth-order valence-electron chi connectivity index (χ4n) is 3.34. The highest BCUT2D eigenvalue weighted by Crippen LogP contribution is 2.50. The number of ether oxygens (including phenoxy) is 1. The molecule has 1 amide bonds. The third kappa shape index (κ3) is 4.08. The number of nitriles is 1. The summed E-state index contributed by atoms with van der Waals surface area (Å²) in [7, 11) is 0. The number of halogens is 1. The maximum atomic E-state index is 12.6. The van der Waals surface area contributed by atoms with E-state index in [0.717, 1.165) is 23.2 Å². The molecule has 1 fully saturated rings. The number of nitrogens with zero attached hydrogens (tertiary/aromatic N) is 2. The zero-order valence-corrected chi connectivity index (χ0v) is 16.5. The first-order valence-electron chi connectivity index (χ1n) is 9.25. The Labute approximate surface area is 173 Å². The summed E-state index contributed by atoms with van der Waals surface area (Å²) in [5, 5.41) is 12.9. The Morgan fingerprint density at radius 1 is 1.24 bits per heavy atom. The Bertz CT molecular complexity index is 1120. The summed E-state index contributed by atoms with van der Waals surface area (Å²) in [6.45, 7) is 1.89. The molecule has 0 radical (unpaired) electrons. The Morgan fingerprint density at radius 2 is 2.07 bits per heavy atom. The van der Waals surface area contributed by atoms with Crippen molar-refractivity contribution >= 4 is 23.2 Å². The quantitative estimate of drug-likeness (QED) is 0.614. The van der Waals surface area contributed by atoms with Crippen LogP contribution in [0.5, 0.6) is 11.6 Å². The van der Waals surface area contributed by atoms with Crippen molar-refractivity contribution in [3.8, 4) is 17.7 Å². The monoisotopic (exact) mass is 403 g/mol. The van der Waals surface area contributed by atoms with Crippen LogP contribution in [0.15, 0.2) is 60.8 Å². The van der Waals surface area contributed by atoms with Crippen LogP contribution < -0.4 is 10.1 Å². The van der Waals surface area contributed by atoms with Crippen molar-refractivity contribution in [1.29, 1.82) is 5.26 Å². The van der Waals surface area contributed by atoms with Crippen LogP contribution in [0.1, 0.15) is 29.0 Å². The lowest BCUT2D eigenvalue weighted by Crippen LogP contribution is -2.15. The first-order chi connectivity index (χ1) is 14.1. The number of nitrogens with one attached hydrogen (secondary N) is 1. The molecule has 6 heteroatoms. The molecule has 2 atom stereocenters. The Hall–Kier alpha value is -3.36. The number of hydrogen-bond donors (Lipinski definition) is 1. The number of benzene rings is 2. The number of aromatic nitrogens is 1. The molecule has 0 spiro atoms. The van der Waals surface area contributed by atoms with E-state index >= 15 is 0 Å². The van der Waals surface area contributed by atoms with Gasteiger partial charge in [-0.3, -0.25) is 4.79 Å². The van der Waals surface area contributed by atoms with Gasteiger partial charge in [0, 0.05) is 22.8 Å². The molecule has 5 nitrogen and oxygen atoms in total. The van der Waals surface area contributed by atoms with E-state index in [2.05, 4.69) is 16.4 Å². The molecular weight excluding hydrogens is 386 g/mol. The van der Waals surface area contributed by atoms with Crippen LogP contribution in [-0.4, -0.2) is 10.9 Å². The number of carbonyl (C=O) groups is 1. The molecule has 1 aromatic heterocycles. The standard InChI is InChI=1S/C23H18ClN3O2/c1-14-11-16(29-23-15(13-25)5-4-10-26-23)8-9-21(14)27-22(28)19-12-18(19)17-6-2-3-7-20(17)24/h2-11,18-19H,12H2,1H3,(H,27,28). The number of hydrogen-bond acceptors (Lipinski definition) is 4. The SMILES string of the molecule is Cc1cc(Oc2ncccc2C#N)ccc1NC(=O)C1CC1c1ccccc1Cl. The number of rotatable bonds is 5. The van der Waals surface area contributed by atoms with E-state index in [9.17, 15) is 4.79 Å². The minimum atomic E-state index is -0.0723. The van der Waals surface area contributed by atoms with E-state index in [4.69, 9.17) is 21.6 Å². The average molecular weight is 404 g/mol. The molecule has 2 aromatic carbocycles. The lowest BCUT2D eigenvalue weighted by Gasteiger charge is -2.11. The number of amides is 1. The van der Waals surface area contributed by atoms with Crippen molar-refractivity contribution in [2.45, 2.75) is 19.3 Å². The average Bonchev–Trinajstić information content (AvgIpc) is 3.51. The molecule has 1 heterocycles. The van der Waals surface area contributed by atoms with Gasteiger partial charge in [0.25, 0.3) is 0 Å². The zero-order valence-electron chi connectivity index (χ0n) is 15.7. The third-order valence-corrected chi connectivity index (χ3v) is 5.34. The van der Waals surface area contributed by atoms with Gasteiger partial charge in [0.05, 0.1) is 0 Å². The zero-order chi connectivity index (χ0) is 20.4. The van der Waals surface area contributed by atoms with Gasteiger partial charge in [-0.05, 0) is 66.8 Å². The topological polar surface area (TPSA) is 75.0 Å². The first-order valence-corrected chi connectivity index (χ1v) is 9.63. The van der Waals surface area contributed by atoms with Crippen LogP contribution in [0, 0.1) is 24.2 Å². The molecular formula is C23H18ClN3O2. The molecule has 1 aliphatic carbocycles. The van der Waals surface area contributed by atoms with Gasteiger partial charge in [0.2, 0.25) is 11.8 Å². The van der Waals surface area contributed by atoms with Crippen LogP contribution in [-0.2, 0) is 4.79 Å². The van der Waals surface area contributed by atoms with Crippen molar-refractivity contribution in [2.75, 3.05) is 5.32 Å². The Balaban J connectivity index is 1.43. The summed E-state index contributed by atoms with van der Waals surface area (Å²) in [6.07, 6.45) is 2.37. The summed E-state index contributed by atoms with van der Waals surface area (Å²) < 4.78 is 5.73. The molecule has 144 valence electrons. The summed E-state index contributed by atoms with van der Waals surface area (Å²) in [4.78, 5) is 16.7. The lowest BCUT2D eigenvalue weighted by molar-refractivity contribution is -0.117. The fraction of sp³-hybridized carbons (Fsp3) is 0.174. The highest BCUT2D eigenvalue weighted by Gasteiger charge is 2.44. The summed E-state index contributed by atoms with van der Waals surface area (Å²) in [5.74, 6) is 0.892. The Kier molecular flexibility index (Phi) is 5.20. The second-order valence-electron chi connectivity index (χ2n) is 7.01. The number of carbonyl (C=O) groups excluding carboxylic acids is 1. The maximum Gasteiger partial charge on any atom is 0.237 e. The van der Waals surface area contributed by atoms with Gasteiger partial charge in [0.1, 0.15) is 17.4 Å². The fourth-order valence-corrected chi connectivity index (χ4v) is 3.61. The molecule has 2 unspecified atom stereocenters. The summed E-state index contributed by atoms with van der Waals surface area (Å²) in [5.41, 5.74) is 2.98. The van der Waals surface area contributed by atoms with Crippen molar-refractivity contribution < 1.29 is 9.53 Å². The molecule has 0 aliphatic heterocycles. The summed E-state index contributed by atoms with van der Waals surface area (Å²) >= 11 is 6.25. The summed E-state index contributed by atoms with van der Waals surface area (Å²) in [6, 6.07) is 18.4. The maximum absolute atomic E-state index is 12.6. The van der Waals surface area contributed by atoms with Gasteiger partial charge in [-0.15, -0.1) is 0 Å². The van der Waals surface area contributed by atoms with Crippen LogP contribution >= 0.6 is 11.6 Å². The third-order valence-electron chi connectivity index (χ3n) is 4.99. The highest BCUT2D eigenvalue weighted by molar-refractivity contribution is 6.31. The van der Waals surface area contributed by atoms with E-state index in [1.165, 1.54) is 0 Å². The van der Waals surface area contributed by atoms with Crippen LogP contribution in [0.2, 0.25) is 5.02 Å². The van der Waals surface area contributed by atoms with E-state index < -0.39 is 0 Å². The van der Waals surface area contributed by atoms with Gasteiger partial charge >= 0.3 is 0 Å². The van der Waals surface area contributed by atoms with Crippen LogP contribution in [0.3, 0.4) is 0 Å². The van der Waals surface area contributed by atoms with Gasteiger partial charge in [-0.25, -0.2) is 4.98 Å². The molecule has 0 bridgehead atoms. The Morgan fingerprint density at radius 3 is 2.83 bits per heavy atom. The van der Waals surface area contributed by atoms with Gasteiger partial charge in [-0.1, -0.05) is 29.8 Å². The highest BCUT2D eigenvalue weighted by atomic mass is 35.5. The molecule has 3 aromatic rings. The van der Waals surface area contributed by atoms with Crippen molar-refractivity contribution in [3.63, 3.8) is 0 Å². The first kappa shape index (κ1) is 19.0. The van der Waals surface area contributed by atoms with Gasteiger partial charge in [-0.2, -0.15) is 5.26 Å². The molecule has 0 saturated heterocycles. The minimum Gasteiger partial charge on any atom is -0.438 e. The molecule has 1 saturated carbocycles. The normalized spacial score (nSPS) is 17.3.